The van der Waals surface area contributed by atoms with Gasteiger partial charge < -0.3 is 19.9 Å². The third-order valence-corrected chi connectivity index (χ3v) is 6.03. The number of halogens is 2. The first-order valence-corrected chi connectivity index (χ1v) is 11.7. The lowest BCUT2D eigenvalue weighted by atomic mass is 10.1. The van der Waals surface area contributed by atoms with Crippen molar-refractivity contribution in [2.24, 2.45) is 11.1 Å². The summed E-state index contributed by atoms with van der Waals surface area (Å²) < 4.78 is 59.0. The van der Waals surface area contributed by atoms with Gasteiger partial charge in [0.25, 0.3) is 0 Å². The second-order valence-corrected chi connectivity index (χ2v) is 9.08. The van der Waals surface area contributed by atoms with E-state index in [-0.39, 0.29) is 39.8 Å². The Bertz CT molecular complexity index is 1080. The Balaban J connectivity index is 1.73. The molecule has 1 aliphatic rings. The van der Waals surface area contributed by atoms with Crippen LogP contribution in [-0.4, -0.2) is 45.8 Å². The lowest BCUT2D eigenvalue weighted by molar-refractivity contribution is -0.115. The molecule has 2 atom stereocenters. The number of carbonyl (C=O) groups excluding carboxylic acids is 1. The fourth-order valence-electron chi connectivity index (χ4n) is 3.46. The van der Waals surface area contributed by atoms with Gasteiger partial charge in [0.2, 0.25) is 15.9 Å². The Kier molecular flexibility index (Phi) is 8.32. The highest BCUT2D eigenvalue weighted by Crippen LogP contribution is 2.26. The zero-order valence-electron chi connectivity index (χ0n) is 17.5. The molecule has 2 aromatic carbocycles. The van der Waals surface area contributed by atoms with Crippen molar-refractivity contribution in [3.05, 3.63) is 53.6 Å². The van der Waals surface area contributed by atoms with Crippen LogP contribution in [0.1, 0.15) is 23.8 Å². The van der Waals surface area contributed by atoms with Crippen molar-refractivity contribution >= 4 is 21.6 Å². The van der Waals surface area contributed by atoms with Crippen molar-refractivity contribution in [3.8, 4) is 5.75 Å². The largest absolute Gasteiger partial charge is 0.435 e. The number of sulfonamides is 1. The molecule has 9 nitrogen and oxygen atoms in total. The highest BCUT2D eigenvalue weighted by Gasteiger charge is 2.23. The number of alkyl halides is 2. The summed E-state index contributed by atoms with van der Waals surface area (Å²) in [6.45, 7) is -1.43. The summed E-state index contributed by atoms with van der Waals surface area (Å²) in [5, 5.41) is 21.1. The minimum Gasteiger partial charge on any atom is -0.435 e. The average molecular weight is 486 g/mol. The van der Waals surface area contributed by atoms with Gasteiger partial charge in [0.1, 0.15) is 12.0 Å². The van der Waals surface area contributed by atoms with Crippen LogP contribution in [0.4, 0.5) is 14.5 Å². The summed E-state index contributed by atoms with van der Waals surface area (Å²) in [5.74, 6) is -0.522. The van der Waals surface area contributed by atoms with Gasteiger partial charge in [0.05, 0.1) is 17.9 Å². The third-order valence-electron chi connectivity index (χ3n) is 5.06. The Morgan fingerprint density at radius 1 is 1.27 bits per heavy atom. The van der Waals surface area contributed by atoms with Gasteiger partial charge in [-0.05, 0) is 30.5 Å². The van der Waals surface area contributed by atoms with Crippen molar-refractivity contribution in [2.75, 3.05) is 25.1 Å². The van der Waals surface area contributed by atoms with Crippen LogP contribution < -0.4 is 20.5 Å². The monoisotopic (exact) mass is 485 g/mol. The van der Waals surface area contributed by atoms with E-state index in [2.05, 4.69) is 15.4 Å². The van der Waals surface area contributed by atoms with E-state index in [4.69, 9.17) is 9.88 Å². The Morgan fingerprint density at radius 2 is 2.03 bits per heavy atom. The number of para-hydroxylation sites is 1. The van der Waals surface area contributed by atoms with Gasteiger partial charge >= 0.3 is 6.61 Å². The van der Waals surface area contributed by atoms with Gasteiger partial charge in [-0.3, -0.25) is 10.1 Å². The molecular weight excluding hydrogens is 460 g/mol. The smallest absolute Gasteiger partial charge is 0.387 e. The second kappa shape index (κ2) is 11.0. The number of hydrogen-bond acceptors (Lipinski definition) is 7. The van der Waals surface area contributed by atoms with E-state index in [1.54, 1.807) is 6.07 Å². The maximum Gasteiger partial charge on any atom is 0.387 e. The lowest BCUT2D eigenvalue weighted by Gasteiger charge is -2.19. The number of anilines is 1. The Morgan fingerprint density at radius 3 is 2.70 bits per heavy atom. The van der Waals surface area contributed by atoms with Gasteiger partial charge in [-0.25, -0.2) is 13.6 Å². The number of aliphatic hydroxyl groups is 1. The first kappa shape index (κ1) is 25.0. The molecule has 1 heterocycles. The van der Waals surface area contributed by atoms with Gasteiger partial charge in [-0.1, -0.05) is 24.3 Å². The molecule has 0 aromatic heterocycles. The SMILES string of the molecule is NS(=O)(=O)c1cc(NC(=O)Cc2ccccc2OC(F)F)ccc1C(O)NCC1CCOC1. The van der Waals surface area contributed by atoms with Crippen molar-refractivity contribution < 1.29 is 36.6 Å². The van der Waals surface area contributed by atoms with Crippen molar-refractivity contribution in [1.82, 2.24) is 5.32 Å². The van der Waals surface area contributed by atoms with E-state index in [0.29, 0.717) is 19.8 Å². The van der Waals surface area contributed by atoms with Crippen LogP contribution in [0.2, 0.25) is 0 Å². The number of aliphatic hydroxyl groups excluding tert-OH is 1. The topological polar surface area (TPSA) is 140 Å². The molecule has 180 valence electrons. The molecule has 1 saturated heterocycles. The molecule has 1 aliphatic heterocycles. The van der Waals surface area contributed by atoms with Gasteiger partial charge in [-0.2, -0.15) is 8.78 Å². The summed E-state index contributed by atoms with van der Waals surface area (Å²) in [6, 6.07) is 9.73. The highest BCUT2D eigenvalue weighted by molar-refractivity contribution is 7.89. The average Bonchev–Trinajstić information content (AvgIpc) is 3.26. The highest BCUT2D eigenvalue weighted by atomic mass is 32.2. The van der Waals surface area contributed by atoms with Crippen LogP contribution >= 0.6 is 0 Å². The van der Waals surface area contributed by atoms with Gasteiger partial charge in [-0.15, -0.1) is 0 Å². The molecule has 0 bridgehead atoms. The van der Waals surface area contributed by atoms with Crippen molar-refractivity contribution in [2.45, 2.75) is 30.6 Å². The van der Waals surface area contributed by atoms with E-state index < -0.39 is 28.8 Å². The Labute approximate surface area is 189 Å². The number of nitrogens with two attached hydrogens (primary N) is 1. The lowest BCUT2D eigenvalue weighted by Crippen LogP contribution is -2.29. The third kappa shape index (κ3) is 7.17. The minimum atomic E-state index is -4.23. The number of hydrogen-bond donors (Lipinski definition) is 4. The summed E-state index contributed by atoms with van der Waals surface area (Å²) in [4.78, 5) is 12.1. The summed E-state index contributed by atoms with van der Waals surface area (Å²) >= 11 is 0. The molecule has 0 radical (unpaired) electrons. The number of primary sulfonamides is 1. The van der Waals surface area contributed by atoms with Crippen molar-refractivity contribution in [1.29, 1.82) is 0 Å². The predicted molar refractivity (Wildman–Crippen MR) is 115 cm³/mol. The molecular formula is C21H25F2N3O6S. The fourth-order valence-corrected chi connectivity index (χ4v) is 4.26. The molecule has 1 fully saturated rings. The number of rotatable bonds is 10. The molecule has 5 N–H and O–H groups in total. The van der Waals surface area contributed by atoms with Crippen LogP contribution in [0.5, 0.6) is 5.75 Å². The number of carbonyl (C=O) groups is 1. The van der Waals surface area contributed by atoms with E-state index >= 15 is 0 Å². The molecule has 3 rings (SSSR count). The predicted octanol–water partition coefficient (Wildman–Crippen LogP) is 1.73. The maximum atomic E-state index is 12.6. The fraction of sp³-hybridized carbons (Fsp3) is 0.381. The van der Waals surface area contributed by atoms with Gasteiger partial charge in [0.15, 0.2) is 0 Å². The zero-order valence-corrected chi connectivity index (χ0v) is 18.4. The maximum absolute atomic E-state index is 12.6. The standard InChI is InChI=1S/C21H25F2N3O6S/c22-21(23)32-17-4-2-1-3-14(17)9-19(27)26-15-5-6-16(18(10-15)33(24,29)30)20(28)25-11-13-7-8-31-12-13/h1-6,10,13,20-21,25,28H,7-9,11-12H2,(H,26,27)(H2,24,29,30). The van der Waals surface area contributed by atoms with E-state index in [0.717, 1.165) is 12.5 Å². The number of ether oxygens (including phenoxy) is 2. The first-order chi connectivity index (χ1) is 15.6. The summed E-state index contributed by atoms with van der Waals surface area (Å²) in [5.41, 5.74) is 0.371. The number of benzene rings is 2. The molecule has 33 heavy (non-hydrogen) atoms. The van der Waals surface area contributed by atoms with Crippen LogP contribution in [-0.2, 0) is 26.0 Å². The van der Waals surface area contributed by atoms with Crippen molar-refractivity contribution in [3.63, 3.8) is 0 Å². The summed E-state index contributed by atoms with van der Waals surface area (Å²) in [7, 11) is -4.23. The first-order valence-electron chi connectivity index (χ1n) is 10.1. The molecule has 2 aromatic rings. The zero-order chi connectivity index (χ0) is 24.0. The Hall–Kier alpha value is -2.64. The van der Waals surface area contributed by atoms with Crippen LogP contribution in [0.15, 0.2) is 47.4 Å². The molecule has 12 heteroatoms. The molecule has 2 unspecified atom stereocenters. The van der Waals surface area contributed by atoms with E-state index in [1.165, 1.54) is 30.3 Å². The van der Waals surface area contributed by atoms with Crippen LogP contribution in [0.3, 0.4) is 0 Å². The molecule has 1 amide bonds. The second-order valence-electron chi connectivity index (χ2n) is 7.55. The van der Waals surface area contributed by atoms with Crippen LogP contribution in [0.25, 0.3) is 0 Å². The summed E-state index contributed by atoms with van der Waals surface area (Å²) in [6.07, 6.45) is -0.761. The molecule has 0 spiro atoms. The quantitative estimate of drug-likeness (QED) is 0.376. The van der Waals surface area contributed by atoms with E-state index in [1.807, 2.05) is 0 Å². The van der Waals surface area contributed by atoms with Crippen LogP contribution in [0, 0.1) is 5.92 Å². The van der Waals surface area contributed by atoms with Gasteiger partial charge in [0, 0.05) is 30.0 Å². The molecule has 0 aliphatic carbocycles. The number of nitrogens with one attached hydrogen (secondary N) is 2. The minimum absolute atomic E-state index is 0.0325. The number of amides is 1. The van der Waals surface area contributed by atoms with E-state index in [9.17, 15) is 27.1 Å². The molecule has 0 saturated carbocycles. The normalized spacial score (nSPS) is 17.2.